The molecule has 2 heterocycles. The van der Waals surface area contributed by atoms with Gasteiger partial charge in [0.2, 0.25) is 23.5 Å². The van der Waals surface area contributed by atoms with Gasteiger partial charge in [-0.15, -0.1) is 0 Å². The zero-order chi connectivity index (χ0) is 20.1. The fourth-order valence-electron chi connectivity index (χ4n) is 3.46. The molecule has 0 aliphatic carbocycles. The number of piperidine rings is 1. The van der Waals surface area contributed by atoms with Crippen molar-refractivity contribution in [3.8, 4) is 11.4 Å². The molecule has 0 spiro atoms. The van der Waals surface area contributed by atoms with Crippen LogP contribution in [0.25, 0.3) is 11.4 Å². The predicted octanol–water partition coefficient (Wildman–Crippen LogP) is 2.78. The summed E-state index contributed by atoms with van der Waals surface area (Å²) in [7, 11) is 1.65. The quantitative estimate of drug-likeness (QED) is 0.827. The van der Waals surface area contributed by atoms with Gasteiger partial charge in [0, 0.05) is 44.5 Å². The smallest absolute Gasteiger partial charge is 0.227 e. The molecule has 3 rings (SSSR count). The second kappa shape index (κ2) is 8.99. The third-order valence-corrected chi connectivity index (χ3v) is 5.32. The van der Waals surface area contributed by atoms with E-state index in [1.165, 1.54) is 5.56 Å². The Hall–Kier alpha value is -2.70. The molecule has 7 heteroatoms. The minimum atomic E-state index is 0.00892. The maximum atomic E-state index is 12.4. The summed E-state index contributed by atoms with van der Waals surface area (Å²) in [4.78, 5) is 30.4. The van der Waals surface area contributed by atoms with E-state index in [1.54, 1.807) is 7.05 Å². The number of carbonyl (C=O) groups excluding carboxylic acids is 2. The highest BCUT2D eigenvalue weighted by atomic mass is 16.5. The minimum absolute atomic E-state index is 0.00892. The standard InChI is InChI=1S/C21H28N4O3/c1-14(2)15-4-6-16(7-5-15)20-23-18(28-24-20)8-9-19(26)25-12-10-17(11-13-25)21(27)22-3/h4-7,14,17H,8-13H2,1-3H3,(H,22,27). The van der Waals surface area contributed by atoms with Crippen molar-refractivity contribution in [3.63, 3.8) is 0 Å². The summed E-state index contributed by atoms with van der Waals surface area (Å²) in [5, 5.41) is 6.71. The van der Waals surface area contributed by atoms with E-state index in [1.807, 2.05) is 17.0 Å². The van der Waals surface area contributed by atoms with Crippen molar-refractivity contribution < 1.29 is 14.1 Å². The van der Waals surface area contributed by atoms with Gasteiger partial charge in [-0.05, 0) is 24.3 Å². The maximum absolute atomic E-state index is 12.4. The van der Waals surface area contributed by atoms with Crippen LogP contribution in [-0.4, -0.2) is 47.0 Å². The van der Waals surface area contributed by atoms with Gasteiger partial charge in [0.25, 0.3) is 0 Å². The van der Waals surface area contributed by atoms with E-state index in [-0.39, 0.29) is 17.7 Å². The van der Waals surface area contributed by atoms with Gasteiger partial charge in [0.15, 0.2) is 0 Å². The average Bonchev–Trinajstić information content (AvgIpc) is 3.20. The van der Waals surface area contributed by atoms with Crippen molar-refractivity contribution in [1.29, 1.82) is 0 Å². The monoisotopic (exact) mass is 384 g/mol. The first kappa shape index (κ1) is 20.0. The second-order valence-electron chi connectivity index (χ2n) is 7.56. The third-order valence-electron chi connectivity index (χ3n) is 5.32. The lowest BCUT2D eigenvalue weighted by Gasteiger charge is -2.31. The van der Waals surface area contributed by atoms with Gasteiger partial charge in [-0.3, -0.25) is 9.59 Å². The first-order valence-electron chi connectivity index (χ1n) is 9.90. The summed E-state index contributed by atoms with van der Waals surface area (Å²) in [6, 6.07) is 8.13. The van der Waals surface area contributed by atoms with Crippen molar-refractivity contribution in [3.05, 3.63) is 35.7 Å². The van der Waals surface area contributed by atoms with Gasteiger partial charge in [0.05, 0.1) is 0 Å². The number of aryl methyl sites for hydroxylation is 1. The number of carbonyl (C=O) groups is 2. The van der Waals surface area contributed by atoms with E-state index < -0.39 is 0 Å². The van der Waals surface area contributed by atoms with Crippen LogP contribution in [0.3, 0.4) is 0 Å². The number of nitrogens with zero attached hydrogens (tertiary/aromatic N) is 3. The van der Waals surface area contributed by atoms with E-state index in [2.05, 4.69) is 41.4 Å². The molecule has 2 amide bonds. The number of nitrogens with one attached hydrogen (secondary N) is 1. The van der Waals surface area contributed by atoms with Crippen LogP contribution in [0.15, 0.2) is 28.8 Å². The lowest BCUT2D eigenvalue weighted by molar-refractivity contribution is -0.135. The van der Waals surface area contributed by atoms with Crippen LogP contribution in [0.1, 0.15) is 50.5 Å². The molecule has 0 unspecified atom stereocenters. The topological polar surface area (TPSA) is 88.3 Å². The molecule has 1 saturated heterocycles. The molecule has 1 aromatic heterocycles. The minimum Gasteiger partial charge on any atom is -0.359 e. The summed E-state index contributed by atoms with van der Waals surface area (Å²) in [5.74, 6) is 1.63. The Morgan fingerprint density at radius 3 is 2.50 bits per heavy atom. The Morgan fingerprint density at radius 2 is 1.89 bits per heavy atom. The molecule has 7 nitrogen and oxygen atoms in total. The average molecular weight is 384 g/mol. The van der Waals surface area contributed by atoms with Gasteiger partial charge in [-0.25, -0.2) is 0 Å². The molecular formula is C21H28N4O3. The molecule has 1 aromatic carbocycles. The number of hydrogen-bond donors (Lipinski definition) is 1. The molecule has 0 bridgehead atoms. The largest absolute Gasteiger partial charge is 0.359 e. The SMILES string of the molecule is CNC(=O)C1CCN(C(=O)CCc2nc(-c3ccc(C(C)C)cc3)no2)CC1. The molecule has 1 aliphatic heterocycles. The lowest BCUT2D eigenvalue weighted by Crippen LogP contribution is -2.42. The van der Waals surface area contributed by atoms with E-state index in [0.29, 0.717) is 56.4 Å². The number of rotatable bonds is 6. The van der Waals surface area contributed by atoms with Crippen molar-refractivity contribution in [2.45, 2.75) is 45.4 Å². The van der Waals surface area contributed by atoms with Crippen molar-refractivity contribution in [2.24, 2.45) is 5.92 Å². The normalized spacial score (nSPS) is 15.1. The van der Waals surface area contributed by atoms with E-state index in [4.69, 9.17) is 4.52 Å². The Labute approximate surface area is 165 Å². The number of amides is 2. The van der Waals surface area contributed by atoms with Crippen LogP contribution in [-0.2, 0) is 16.0 Å². The molecular weight excluding hydrogens is 356 g/mol. The summed E-state index contributed by atoms with van der Waals surface area (Å²) in [6.45, 7) is 5.54. The highest BCUT2D eigenvalue weighted by Gasteiger charge is 2.26. The first-order chi connectivity index (χ1) is 13.5. The van der Waals surface area contributed by atoms with Crippen LogP contribution in [0, 0.1) is 5.92 Å². The van der Waals surface area contributed by atoms with Gasteiger partial charge in [0.1, 0.15) is 0 Å². The van der Waals surface area contributed by atoms with Crippen LogP contribution < -0.4 is 5.32 Å². The van der Waals surface area contributed by atoms with Gasteiger partial charge in [-0.2, -0.15) is 4.98 Å². The van der Waals surface area contributed by atoms with Crippen LogP contribution >= 0.6 is 0 Å². The van der Waals surface area contributed by atoms with E-state index >= 15 is 0 Å². The number of benzene rings is 1. The fraction of sp³-hybridized carbons (Fsp3) is 0.524. The second-order valence-corrected chi connectivity index (χ2v) is 7.56. The molecule has 150 valence electrons. The van der Waals surface area contributed by atoms with Crippen molar-refractivity contribution >= 4 is 11.8 Å². The predicted molar refractivity (Wildman–Crippen MR) is 106 cm³/mol. The molecule has 2 aromatic rings. The zero-order valence-corrected chi connectivity index (χ0v) is 16.8. The van der Waals surface area contributed by atoms with Crippen molar-refractivity contribution in [1.82, 2.24) is 20.4 Å². The maximum Gasteiger partial charge on any atom is 0.227 e. The number of hydrogen-bond acceptors (Lipinski definition) is 5. The Kier molecular flexibility index (Phi) is 6.44. The first-order valence-corrected chi connectivity index (χ1v) is 9.90. The number of aromatic nitrogens is 2. The Morgan fingerprint density at radius 1 is 1.21 bits per heavy atom. The Balaban J connectivity index is 1.50. The highest BCUT2D eigenvalue weighted by molar-refractivity contribution is 5.79. The molecule has 1 fully saturated rings. The highest BCUT2D eigenvalue weighted by Crippen LogP contribution is 2.21. The molecule has 0 atom stereocenters. The van der Waals surface area contributed by atoms with Crippen LogP contribution in [0.4, 0.5) is 0 Å². The Bertz CT molecular complexity index is 805. The summed E-state index contributed by atoms with van der Waals surface area (Å²) >= 11 is 0. The summed E-state index contributed by atoms with van der Waals surface area (Å²) in [5.41, 5.74) is 2.17. The third kappa shape index (κ3) is 4.77. The molecule has 0 saturated carbocycles. The molecule has 1 N–H and O–H groups in total. The fourth-order valence-corrected chi connectivity index (χ4v) is 3.46. The molecule has 0 radical (unpaired) electrons. The van der Waals surface area contributed by atoms with Gasteiger partial charge in [-0.1, -0.05) is 43.3 Å². The van der Waals surface area contributed by atoms with E-state index in [0.717, 1.165) is 5.56 Å². The van der Waals surface area contributed by atoms with Crippen molar-refractivity contribution in [2.75, 3.05) is 20.1 Å². The lowest BCUT2D eigenvalue weighted by atomic mass is 9.96. The summed E-state index contributed by atoms with van der Waals surface area (Å²) < 4.78 is 5.31. The molecule has 1 aliphatic rings. The summed E-state index contributed by atoms with van der Waals surface area (Å²) in [6.07, 6.45) is 2.18. The van der Waals surface area contributed by atoms with Crippen LogP contribution in [0.5, 0.6) is 0 Å². The van der Waals surface area contributed by atoms with E-state index in [9.17, 15) is 9.59 Å². The van der Waals surface area contributed by atoms with Crippen LogP contribution in [0.2, 0.25) is 0 Å². The zero-order valence-electron chi connectivity index (χ0n) is 16.8. The number of likely N-dealkylation sites (tertiary alicyclic amines) is 1. The van der Waals surface area contributed by atoms with Gasteiger partial charge < -0.3 is 14.7 Å². The molecule has 28 heavy (non-hydrogen) atoms. The van der Waals surface area contributed by atoms with Gasteiger partial charge >= 0.3 is 0 Å².